The molecule has 3 aliphatic heterocycles. The van der Waals surface area contributed by atoms with Crippen LogP contribution in [0.3, 0.4) is 0 Å². The van der Waals surface area contributed by atoms with Crippen LogP contribution in [-0.2, 0) is 0 Å². The lowest BCUT2D eigenvalue weighted by molar-refractivity contribution is -0.0184. The molecule has 4 heterocycles. The lowest BCUT2D eigenvalue weighted by atomic mass is 9.96. The van der Waals surface area contributed by atoms with Crippen LogP contribution in [0, 0.1) is 5.41 Å². The maximum atomic E-state index is 8.93. The van der Waals surface area contributed by atoms with Crippen molar-refractivity contribution in [3.8, 4) is 11.5 Å². The second kappa shape index (κ2) is 10.5. The Morgan fingerprint density at radius 2 is 1.70 bits per heavy atom. The molecule has 1 atom stereocenters. The third-order valence-corrected chi connectivity index (χ3v) is 7.73. The summed E-state index contributed by atoms with van der Waals surface area (Å²) in [5, 5.41) is 15.9. The zero-order chi connectivity index (χ0) is 25.2. The van der Waals surface area contributed by atoms with Gasteiger partial charge in [-0.3, -0.25) is 15.2 Å². The molecular formula is C28H34N8O. The fourth-order valence-electron chi connectivity index (χ4n) is 5.41. The number of hydrogen-bond acceptors (Lipinski definition) is 9. The molecule has 2 aromatic carbocycles. The molecule has 0 saturated carbocycles. The van der Waals surface area contributed by atoms with Crippen molar-refractivity contribution < 1.29 is 4.74 Å². The van der Waals surface area contributed by atoms with Crippen LogP contribution in [0.2, 0.25) is 0 Å². The van der Waals surface area contributed by atoms with Crippen LogP contribution >= 0.6 is 0 Å². The molecule has 5 N–H and O–H groups in total. The van der Waals surface area contributed by atoms with E-state index in [1.54, 1.807) is 0 Å². The van der Waals surface area contributed by atoms with Crippen molar-refractivity contribution in [2.45, 2.75) is 31.0 Å². The van der Waals surface area contributed by atoms with Crippen LogP contribution < -0.4 is 21.1 Å². The number of nitrogens with two attached hydrogens (primary N) is 1. The quantitative estimate of drug-likeness (QED) is 0.351. The lowest BCUT2D eigenvalue weighted by Gasteiger charge is -2.52. The zero-order valence-corrected chi connectivity index (χ0v) is 20.9. The predicted molar refractivity (Wildman–Crippen MR) is 146 cm³/mol. The molecule has 1 aromatic heterocycles. The molecule has 6 rings (SSSR count). The molecule has 3 fully saturated rings. The standard InChI is InChI=1S/C28H34N8O/c29-26(19-8-10-24(11-9-19)37-23-6-2-1-3-7-23)25-27(30)32-18-33-28(25)34-20-5-4-12-35(15-20)22-16-36(17-22)21-13-31-14-21/h1-3,6-11,18,20-22,29,31H,4-5,12-17H2,(H3,30,32,33,34). The average Bonchev–Trinajstić information content (AvgIpc) is 2.86. The van der Waals surface area contributed by atoms with Gasteiger partial charge < -0.3 is 21.1 Å². The maximum Gasteiger partial charge on any atom is 0.141 e. The Morgan fingerprint density at radius 1 is 0.946 bits per heavy atom. The summed E-state index contributed by atoms with van der Waals surface area (Å²) in [5.74, 6) is 2.42. The highest BCUT2D eigenvalue weighted by molar-refractivity contribution is 6.16. The van der Waals surface area contributed by atoms with E-state index in [2.05, 4.69) is 30.4 Å². The summed E-state index contributed by atoms with van der Waals surface area (Å²) in [6, 6.07) is 18.8. The third-order valence-electron chi connectivity index (χ3n) is 7.73. The summed E-state index contributed by atoms with van der Waals surface area (Å²) in [6.45, 7) is 6.71. The van der Waals surface area contributed by atoms with Gasteiger partial charge in [-0.2, -0.15) is 0 Å². The van der Waals surface area contributed by atoms with Crippen LogP contribution in [0.15, 0.2) is 60.9 Å². The summed E-state index contributed by atoms with van der Waals surface area (Å²) < 4.78 is 5.90. The highest BCUT2D eigenvalue weighted by Crippen LogP contribution is 2.28. The molecule has 0 radical (unpaired) electrons. The normalized spacial score (nSPS) is 21.1. The lowest BCUT2D eigenvalue weighted by Crippen LogP contribution is -2.69. The van der Waals surface area contributed by atoms with E-state index in [4.69, 9.17) is 15.9 Å². The molecule has 0 bridgehead atoms. The maximum absolute atomic E-state index is 8.93. The molecule has 192 valence electrons. The first-order chi connectivity index (χ1) is 18.1. The second-order valence-electron chi connectivity index (χ2n) is 10.2. The van der Waals surface area contributed by atoms with E-state index in [0.29, 0.717) is 34.7 Å². The minimum atomic E-state index is 0.260. The minimum Gasteiger partial charge on any atom is -0.457 e. The number of benzene rings is 2. The predicted octanol–water partition coefficient (Wildman–Crippen LogP) is 2.80. The van der Waals surface area contributed by atoms with Crippen molar-refractivity contribution in [3.63, 3.8) is 0 Å². The monoisotopic (exact) mass is 498 g/mol. The number of ether oxygens (including phenoxy) is 1. The van der Waals surface area contributed by atoms with Gasteiger partial charge in [0.05, 0.1) is 11.3 Å². The number of anilines is 2. The first-order valence-electron chi connectivity index (χ1n) is 13.1. The van der Waals surface area contributed by atoms with Crippen LogP contribution in [0.1, 0.15) is 24.0 Å². The third kappa shape index (κ3) is 5.16. The van der Waals surface area contributed by atoms with Gasteiger partial charge in [-0.15, -0.1) is 0 Å². The van der Waals surface area contributed by atoms with E-state index in [1.807, 2.05) is 54.6 Å². The van der Waals surface area contributed by atoms with Crippen LogP contribution in [-0.4, -0.2) is 82.9 Å². The zero-order valence-electron chi connectivity index (χ0n) is 20.9. The molecule has 1 unspecified atom stereocenters. The number of aromatic nitrogens is 2. The highest BCUT2D eigenvalue weighted by atomic mass is 16.5. The number of hydrogen-bond donors (Lipinski definition) is 4. The minimum absolute atomic E-state index is 0.260. The molecule has 3 saturated heterocycles. The van der Waals surface area contributed by atoms with Gasteiger partial charge in [-0.05, 0) is 55.8 Å². The van der Waals surface area contributed by atoms with Gasteiger partial charge in [0.1, 0.15) is 29.5 Å². The molecule has 9 nitrogen and oxygen atoms in total. The van der Waals surface area contributed by atoms with Crippen molar-refractivity contribution in [1.82, 2.24) is 25.1 Å². The first kappa shape index (κ1) is 23.8. The largest absolute Gasteiger partial charge is 0.457 e. The number of nitrogens with zero attached hydrogens (tertiary/aromatic N) is 4. The Kier molecular flexibility index (Phi) is 6.73. The van der Waals surface area contributed by atoms with E-state index in [1.165, 1.54) is 19.4 Å². The summed E-state index contributed by atoms with van der Waals surface area (Å²) >= 11 is 0. The topological polar surface area (TPSA) is 115 Å². The van der Waals surface area contributed by atoms with Crippen molar-refractivity contribution >= 4 is 17.3 Å². The van der Waals surface area contributed by atoms with E-state index < -0.39 is 0 Å². The highest BCUT2D eigenvalue weighted by Gasteiger charge is 2.39. The van der Waals surface area contributed by atoms with Crippen molar-refractivity contribution in [2.24, 2.45) is 0 Å². The molecule has 0 amide bonds. The SMILES string of the molecule is N=C(c1ccc(Oc2ccccc2)cc1)c1c(N)ncnc1NC1CCCN(C2CN(C3CNC3)C2)C1. The molecule has 9 heteroatoms. The summed E-state index contributed by atoms with van der Waals surface area (Å²) in [7, 11) is 0. The number of nitrogens with one attached hydrogen (secondary N) is 3. The Labute approximate surface area is 217 Å². The van der Waals surface area contributed by atoms with Crippen LogP contribution in [0.5, 0.6) is 11.5 Å². The van der Waals surface area contributed by atoms with Crippen molar-refractivity contribution in [3.05, 3.63) is 72.1 Å². The molecule has 3 aromatic rings. The van der Waals surface area contributed by atoms with Crippen LogP contribution in [0.4, 0.5) is 11.6 Å². The molecule has 37 heavy (non-hydrogen) atoms. The molecule has 0 spiro atoms. The molecular weight excluding hydrogens is 464 g/mol. The number of rotatable bonds is 8. The summed E-state index contributed by atoms with van der Waals surface area (Å²) in [4.78, 5) is 13.9. The molecule has 3 aliphatic rings. The van der Waals surface area contributed by atoms with Gasteiger partial charge in [0.2, 0.25) is 0 Å². The fourth-order valence-corrected chi connectivity index (χ4v) is 5.41. The number of para-hydroxylation sites is 1. The Hall–Kier alpha value is -3.53. The van der Waals surface area contributed by atoms with Gasteiger partial charge >= 0.3 is 0 Å². The Bertz CT molecular complexity index is 1220. The van der Waals surface area contributed by atoms with E-state index in [-0.39, 0.29) is 6.04 Å². The van der Waals surface area contributed by atoms with Gasteiger partial charge in [0.25, 0.3) is 0 Å². The number of nitrogen functional groups attached to an aromatic ring is 1. The van der Waals surface area contributed by atoms with Crippen molar-refractivity contribution in [2.75, 3.05) is 50.3 Å². The van der Waals surface area contributed by atoms with Gasteiger partial charge in [0.15, 0.2) is 0 Å². The number of likely N-dealkylation sites (tertiary alicyclic amines) is 2. The fraction of sp³-hybridized carbons (Fsp3) is 0.393. The Balaban J connectivity index is 1.12. The smallest absolute Gasteiger partial charge is 0.141 e. The van der Waals surface area contributed by atoms with Gasteiger partial charge in [-0.1, -0.05) is 18.2 Å². The molecule has 0 aliphatic carbocycles. The van der Waals surface area contributed by atoms with Crippen LogP contribution in [0.25, 0.3) is 0 Å². The van der Waals surface area contributed by atoms with Crippen molar-refractivity contribution in [1.29, 1.82) is 5.41 Å². The number of piperidine rings is 1. The van der Waals surface area contributed by atoms with E-state index >= 15 is 0 Å². The second-order valence-corrected chi connectivity index (χ2v) is 10.2. The van der Waals surface area contributed by atoms with E-state index in [0.717, 1.165) is 56.4 Å². The van der Waals surface area contributed by atoms with Gasteiger partial charge in [-0.25, -0.2) is 9.97 Å². The van der Waals surface area contributed by atoms with E-state index in [9.17, 15) is 0 Å². The summed E-state index contributed by atoms with van der Waals surface area (Å²) in [6.07, 6.45) is 3.69. The van der Waals surface area contributed by atoms with Gasteiger partial charge in [0, 0.05) is 56.4 Å². The summed E-state index contributed by atoms with van der Waals surface area (Å²) in [5.41, 5.74) is 7.86. The average molecular weight is 499 g/mol. The first-order valence-corrected chi connectivity index (χ1v) is 13.1. The Morgan fingerprint density at radius 3 is 2.43 bits per heavy atom.